The second-order valence-corrected chi connectivity index (χ2v) is 6.84. The van der Waals surface area contributed by atoms with E-state index in [1.54, 1.807) is 0 Å². The van der Waals surface area contributed by atoms with Gasteiger partial charge >= 0.3 is 0 Å². The summed E-state index contributed by atoms with van der Waals surface area (Å²) in [7, 11) is 0. The van der Waals surface area contributed by atoms with Gasteiger partial charge in [-0.3, -0.25) is 4.79 Å². The van der Waals surface area contributed by atoms with Crippen molar-refractivity contribution in [2.45, 2.75) is 44.6 Å². The van der Waals surface area contributed by atoms with Crippen molar-refractivity contribution in [1.82, 2.24) is 5.32 Å². The summed E-state index contributed by atoms with van der Waals surface area (Å²) in [6.45, 7) is 4.72. The maximum Gasteiger partial charge on any atom is 0.223 e. The first-order valence-electron chi connectivity index (χ1n) is 8.61. The Morgan fingerprint density at radius 1 is 1.17 bits per heavy atom. The van der Waals surface area contributed by atoms with Crippen LogP contribution in [0.1, 0.15) is 44.6 Å². The van der Waals surface area contributed by atoms with Crippen molar-refractivity contribution >= 4 is 29.1 Å². The number of benzene rings is 2. The molecule has 2 unspecified atom stereocenters. The number of hydrogen-bond donors (Lipinski definition) is 2. The summed E-state index contributed by atoms with van der Waals surface area (Å²) < 4.78 is 0. The van der Waals surface area contributed by atoms with E-state index in [-0.39, 0.29) is 29.8 Å². The van der Waals surface area contributed by atoms with Crippen LogP contribution in [0.25, 0.3) is 10.8 Å². The lowest BCUT2D eigenvalue weighted by atomic mass is 9.94. The second kappa shape index (κ2) is 7.54. The third-order valence-corrected chi connectivity index (χ3v) is 5.35. The zero-order valence-corrected chi connectivity index (χ0v) is 15.2. The van der Waals surface area contributed by atoms with Gasteiger partial charge in [0.25, 0.3) is 0 Å². The van der Waals surface area contributed by atoms with Gasteiger partial charge in [-0.05, 0) is 41.5 Å². The molecule has 1 saturated carbocycles. The molecule has 3 N–H and O–H groups in total. The van der Waals surface area contributed by atoms with Crippen LogP contribution in [0.3, 0.4) is 0 Å². The SMILES string of the molecule is CCC(N)(CC)CNC(=O)C1CC1c1ccc2ccccc2c1.Cl. The maximum atomic E-state index is 12.4. The molecule has 130 valence electrons. The van der Waals surface area contributed by atoms with Crippen LogP contribution >= 0.6 is 12.4 Å². The first kappa shape index (κ1) is 18.8. The zero-order valence-electron chi connectivity index (χ0n) is 14.4. The molecule has 3 nitrogen and oxygen atoms in total. The van der Waals surface area contributed by atoms with Gasteiger partial charge < -0.3 is 11.1 Å². The smallest absolute Gasteiger partial charge is 0.223 e. The third-order valence-electron chi connectivity index (χ3n) is 5.35. The Kier molecular flexibility index (Phi) is 5.89. The molecular formula is C20H27ClN2O. The molecule has 1 aliphatic carbocycles. The summed E-state index contributed by atoms with van der Waals surface area (Å²) in [5, 5.41) is 5.55. The molecule has 2 atom stereocenters. The van der Waals surface area contributed by atoms with E-state index < -0.39 is 0 Å². The molecule has 0 radical (unpaired) electrons. The van der Waals surface area contributed by atoms with Crippen molar-refractivity contribution in [2.75, 3.05) is 6.54 Å². The number of halogens is 1. The maximum absolute atomic E-state index is 12.4. The topological polar surface area (TPSA) is 55.1 Å². The standard InChI is InChI=1S/C20H26N2O.ClH/c1-3-20(21,4-2)13-22-19(23)18-12-17(18)16-10-9-14-7-5-6-8-15(14)11-16;/h5-11,17-18H,3-4,12-13,21H2,1-2H3,(H,22,23);1H. The van der Waals surface area contributed by atoms with Crippen LogP contribution in [0.5, 0.6) is 0 Å². The highest BCUT2D eigenvalue weighted by molar-refractivity contribution is 5.86. The zero-order chi connectivity index (χ0) is 16.4. The number of nitrogens with two attached hydrogens (primary N) is 1. The molecule has 0 saturated heterocycles. The minimum absolute atomic E-state index is 0. The lowest BCUT2D eigenvalue weighted by Crippen LogP contribution is -2.49. The Morgan fingerprint density at radius 3 is 2.50 bits per heavy atom. The fourth-order valence-corrected chi connectivity index (χ4v) is 3.19. The van der Waals surface area contributed by atoms with Crippen LogP contribution in [-0.4, -0.2) is 18.0 Å². The van der Waals surface area contributed by atoms with Crippen molar-refractivity contribution in [1.29, 1.82) is 0 Å². The minimum atomic E-state index is -0.275. The van der Waals surface area contributed by atoms with Crippen LogP contribution in [0.15, 0.2) is 42.5 Å². The van der Waals surface area contributed by atoms with E-state index in [2.05, 4.69) is 61.6 Å². The summed E-state index contributed by atoms with van der Waals surface area (Å²) in [4.78, 5) is 12.4. The average molecular weight is 347 g/mol. The molecule has 2 aromatic rings. The van der Waals surface area contributed by atoms with E-state index in [1.807, 2.05) is 0 Å². The Hall–Kier alpha value is -1.58. The number of rotatable bonds is 6. The number of amides is 1. The predicted octanol–water partition coefficient (Wildman–Crippen LogP) is 4.00. The molecule has 1 fully saturated rings. The van der Waals surface area contributed by atoms with E-state index >= 15 is 0 Å². The Bertz CT molecular complexity index is 712. The Balaban J connectivity index is 0.00000208. The van der Waals surface area contributed by atoms with Crippen LogP contribution in [0.2, 0.25) is 0 Å². The summed E-state index contributed by atoms with van der Waals surface area (Å²) in [6.07, 6.45) is 2.70. The molecule has 0 heterocycles. The largest absolute Gasteiger partial charge is 0.354 e. The van der Waals surface area contributed by atoms with Crippen LogP contribution in [0, 0.1) is 5.92 Å². The quantitative estimate of drug-likeness (QED) is 0.830. The van der Waals surface area contributed by atoms with Crippen molar-refractivity contribution < 1.29 is 4.79 Å². The van der Waals surface area contributed by atoms with E-state index in [4.69, 9.17) is 5.73 Å². The summed E-state index contributed by atoms with van der Waals surface area (Å²) in [5.41, 5.74) is 7.26. The molecule has 4 heteroatoms. The van der Waals surface area contributed by atoms with Gasteiger partial charge in [-0.15, -0.1) is 12.4 Å². The molecule has 3 rings (SSSR count). The number of hydrogen-bond acceptors (Lipinski definition) is 2. The van der Waals surface area contributed by atoms with Gasteiger partial charge in [-0.2, -0.15) is 0 Å². The molecule has 2 aromatic carbocycles. The highest BCUT2D eigenvalue weighted by Gasteiger charge is 2.44. The van der Waals surface area contributed by atoms with Gasteiger partial charge in [0.05, 0.1) is 0 Å². The molecule has 0 bridgehead atoms. The average Bonchev–Trinajstić information content (AvgIpc) is 3.40. The monoisotopic (exact) mass is 346 g/mol. The molecule has 1 aliphatic rings. The molecule has 0 aromatic heterocycles. The molecular weight excluding hydrogens is 320 g/mol. The van der Waals surface area contributed by atoms with Crippen LogP contribution in [-0.2, 0) is 4.79 Å². The van der Waals surface area contributed by atoms with Crippen molar-refractivity contribution in [3.05, 3.63) is 48.0 Å². The first-order chi connectivity index (χ1) is 11.1. The summed E-state index contributed by atoms with van der Waals surface area (Å²) in [5.74, 6) is 0.615. The third kappa shape index (κ3) is 3.90. The number of nitrogens with one attached hydrogen (secondary N) is 1. The Morgan fingerprint density at radius 2 is 1.83 bits per heavy atom. The molecule has 1 amide bonds. The number of carbonyl (C=O) groups is 1. The van der Waals surface area contributed by atoms with E-state index in [0.29, 0.717) is 12.5 Å². The van der Waals surface area contributed by atoms with Gasteiger partial charge in [0, 0.05) is 18.0 Å². The lowest BCUT2D eigenvalue weighted by molar-refractivity contribution is -0.122. The minimum Gasteiger partial charge on any atom is -0.354 e. The van der Waals surface area contributed by atoms with Crippen LogP contribution < -0.4 is 11.1 Å². The van der Waals surface area contributed by atoms with Gasteiger partial charge in [0.1, 0.15) is 0 Å². The van der Waals surface area contributed by atoms with Crippen molar-refractivity contribution in [2.24, 2.45) is 11.7 Å². The van der Waals surface area contributed by atoms with E-state index in [1.165, 1.54) is 16.3 Å². The van der Waals surface area contributed by atoms with Gasteiger partial charge in [0.2, 0.25) is 5.91 Å². The normalized spacial score (nSPS) is 19.6. The Labute approximate surface area is 150 Å². The molecule has 0 spiro atoms. The molecule has 24 heavy (non-hydrogen) atoms. The first-order valence-corrected chi connectivity index (χ1v) is 8.61. The summed E-state index contributed by atoms with van der Waals surface area (Å²) in [6, 6.07) is 14.9. The van der Waals surface area contributed by atoms with E-state index in [0.717, 1.165) is 19.3 Å². The van der Waals surface area contributed by atoms with Gasteiger partial charge in [-0.1, -0.05) is 56.3 Å². The second-order valence-electron chi connectivity index (χ2n) is 6.84. The molecule has 0 aliphatic heterocycles. The predicted molar refractivity (Wildman–Crippen MR) is 103 cm³/mol. The fourth-order valence-electron chi connectivity index (χ4n) is 3.19. The highest BCUT2D eigenvalue weighted by Crippen LogP contribution is 2.48. The summed E-state index contributed by atoms with van der Waals surface area (Å²) >= 11 is 0. The van der Waals surface area contributed by atoms with Crippen molar-refractivity contribution in [3.8, 4) is 0 Å². The fraction of sp³-hybridized carbons (Fsp3) is 0.450. The van der Waals surface area contributed by atoms with Crippen LogP contribution in [0.4, 0.5) is 0 Å². The van der Waals surface area contributed by atoms with Crippen molar-refractivity contribution in [3.63, 3.8) is 0 Å². The van der Waals surface area contributed by atoms with Gasteiger partial charge in [0.15, 0.2) is 0 Å². The number of fused-ring (bicyclic) bond motifs is 1. The number of carbonyl (C=O) groups excluding carboxylic acids is 1. The lowest BCUT2D eigenvalue weighted by Gasteiger charge is -2.26. The highest BCUT2D eigenvalue weighted by atomic mass is 35.5. The van der Waals surface area contributed by atoms with E-state index in [9.17, 15) is 4.79 Å². The van der Waals surface area contributed by atoms with Gasteiger partial charge in [-0.25, -0.2) is 0 Å².